The van der Waals surface area contributed by atoms with Crippen LogP contribution in [-0.2, 0) is 6.54 Å². The third-order valence-electron chi connectivity index (χ3n) is 3.66. The van der Waals surface area contributed by atoms with Crippen molar-refractivity contribution in [2.75, 3.05) is 14.2 Å². The number of carbonyl (C=O) groups is 1. The van der Waals surface area contributed by atoms with E-state index in [9.17, 15) is 4.79 Å². The number of methoxy groups -OCH3 is 2. The molecule has 0 aliphatic heterocycles. The molecule has 1 amide bonds. The zero-order chi connectivity index (χ0) is 17.6. The van der Waals surface area contributed by atoms with Crippen molar-refractivity contribution < 1.29 is 18.7 Å². The molecule has 0 radical (unpaired) electrons. The Morgan fingerprint density at radius 1 is 1.12 bits per heavy atom. The van der Waals surface area contributed by atoms with Gasteiger partial charge in [-0.2, -0.15) is 0 Å². The zero-order valence-corrected chi connectivity index (χ0v) is 14.0. The lowest BCUT2D eigenvalue weighted by Crippen LogP contribution is -2.22. The highest BCUT2D eigenvalue weighted by Crippen LogP contribution is 2.22. The fourth-order valence-corrected chi connectivity index (χ4v) is 2.37. The van der Waals surface area contributed by atoms with Crippen LogP contribution in [0.2, 0.25) is 0 Å². The normalized spacial score (nSPS) is 10.3. The van der Waals surface area contributed by atoms with Crippen LogP contribution in [0.4, 0.5) is 0 Å². The van der Waals surface area contributed by atoms with Crippen molar-refractivity contribution in [3.05, 3.63) is 66.1 Å². The number of hydrogen-bond acceptors (Lipinski definition) is 5. The summed E-state index contributed by atoms with van der Waals surface area (Å²) in [4.78, 5) is 16.7. The number of hydrogen-bond donors (Lipinski definition) is 1. The largest absolute Gasteiger partial charge is 0.497 e. The van der Waals surface area contributed by atoms with Crippen molar-refractivity contribution in [2.45, 2.75) is 6.54 Å². The predicted molar refractivity (Wildman–Crippen MR) is 92.7 cm³/mol. The first-order chi connectivity index (χ1) is 12.2. The Morgan fingerprint density at radius 2 is 1.88 bits per heavy atom. The highest BCUT2D eigenvalue weighted by molar-refractivity contribution is 5.95. The number of furan rings is 1. The molecule has 3 rings (SSSR count). The molecule has 3 aromatic rings. The van der Waals surface area contributed by atoms with Gasteiger partial charge in [-0.15, -0.1) is 0 Å². The third-order valence-corrected chi connectivity index (χ3v) is 3.66. The van der Waals surface area contributed by atoms with E-state index in [-0.39, 0.29) is 5.91 Å². The Hall–Kier alpha value is -3.28. The van der Waals surface area contributed by atoms with E-state index < -0.39 is 0 Å². The second kappa shape index (κ2) is 7.53. The van der Waals surface area contributed by atoms with Crippen molar-refractivity contribution in [1.82, 2.24) is 10.3 Å². The van der Waals surface area contributed by atoms with Crippen LogP contribution in [0.1, 0.15) is 15.9 Å². The fraction of sp³-hybridized carbons (Fsp3) is 0.158. The SMILES string of the molecule is COc1cc(OC)cc(C(=O)NCc2ccnc(-c3ccco3)c2)c1. The number of aromatic nitrogens is 1. The van der Waals surface area contributed by atoms with E-state index in [4.69, 9.17) is 13.9 Å². The first-order valence-electron chi connectivity index (χ1n) is 7.69. The van der Waals surface area contributed by atoms with Crippen LogP contribution in [0.15, 0.2) is 59.3 Å². The van der Waals surface area contributed by atoms with E-state index in [2.05, 4.69) is 10.3 Å². The number of amides is 1. The Labute approximate surface area is 145 Å². The van der Waals surface area contributed by atoms with Gasteiger partial charge in [0.05, 0.1) is 20.5 Å². The monoisotopic (exact) mass is 338 g/mol. The van der Waals surface area contributed by atoms with E-state index in [1.54, 1.807) is 44.9 Å². The van der Waals surface area contributed by atoms with Crippen molar-refractivity contribution in [1.29, 1.82) is 0 Å². The van der Waals surface area contributed by atoms with Gasteiger partial charge >= 0.3 is 0 Å². The van der Waals surface area contributed by atoms with Crippen molar-refractivity contribution in [3.63, 3.8) is 0 Å². The lowest BCUT2D eigenvalue weighted by molar-refractivity contribution is 0.0950. The molecule has 1 aromatic carbocycles. The molecule has 0 unspecified atom stereocenters. The molecule has 6 heteroatoms. The average Bonchev–Trinajstić information content (AvgIpc) is 3.20. The van der Waals surface area contributed by atoms with Crippen LogP contribution in [-0.4, -0.2) is 25.1 Å². The van der Waals surface area contributed by atoms with Gasteiger partial charge < -0.3 is 19.2 Å². The van der Waals surface area contributed by atoms with Crippen LogP contribution in [0.5, 0.6) is 11.5 Å². The summed E-state index contributed by atoms with van der Waals surface area (Å²) >= 11 is 0. The Kier molecular flexibility index (Phi) is 4.99. The van der Waals surface area contributed by atoms with Crippen LogP contribution in [0.25, 0.3) is 11.5 Å². The molecule has 0 fully saturated rings. The molecule has 0 aliphatic carbocycles. The van der Waals surface area contributed by atoms with Crippen molar-refractivity contribution >= 4 is 5.91 Å². The van der Waals surface area contributed by atoms with Gasteiger partial charge in [0, 0.05) is 24.4 Å². The summed E-state index contributed by atoms with van der Waals surface area (Å²) in [5.74, 6) is 1.60. The number of pyridine rings is 1. The maximum Gasteiger partial charge on any atom is 0.251 e. The molecule has 25 heavy (non-hydrogen) atoms. The zero-order valence-electron chi connectivity index (χ0n) is 14.0. The minimum atomic E-state index is -0.214. The van der Waals surface area contributed by atoms with E-state index >= 15 is 0 Å². The molecule has 0 aliphatic rings. The summed E-state index contributed by atoms with van der Waals surface area (Å²) in [6, 6.07) is 12.4. The Morgan fingerprint density at radius 3 is 2.52 bits per heavy atom. The van der Waals surface area contributed by atoms with E-state index in [1.807, 2.05) is 24.3 Å². The van der Waals surface area contributed by atoms with Gasteiger partial charge in [0.2, 0.25) is 0 Å². The minimum absolute atomic E-state index is 0.214. The van der Waals surface area contributed by atoms with Crippen molar-refractivity contribution in [3.8, 4) is 23.0 Å². The standard InChI is InChI=1S/C19H18N2O4/c1-23-15-9-14(10-16(11-15)24-2)19(22)21-12-13-5-6-20-17(8-13)18-4-3-7-25-18/h3-11H,12H2,1-2H3,(H,21,22). The molecule has 2 aromatic heterocycles. The Bertz CT molecular complexity index is 837. The average molecular weight is 338 g/mol. The minimum Gasteiger partial charge on any atom is -0.497 e. The van der Waals surface area contributed by atoms with Crippen LogP contribution in [0.3, 0.4) is 0 Å². The molecule has 2 heterocycles. The van der Waals surface area contributed by atoms with Gasteiger partial charge in [-0.3, -0.25) is 9.78 Å². The maximum atomic E-state index is 12.4. The number of nitrogens with zero attached hydrogens (tertiary/aromatic N) is 1. The van der Waals surface area contributed by atoms with Gasteiger partial charge in [-0.05, 0) is 42.0 Å². The number of nitrogens with one attached hydrogen (secondary N) is 1. The summed E-state index contributed by atoms with van der Waals surface area (Å²) in [6.45, 7) is 0.370. The highest BCUT2D eigenvalue weighted by Gasteiger charge is 2.10. The lowest BCUT2D eigenvalue weighted by Gasteiger charge is -2.09. The molecule has 0 atom stereocenters. The molecule has 0 saturated carbocycles. The second-order valence-electron chi connectivity index (χ2n) is 5.31. The third kappa shape index (κ3) is 3.98. The molecule has 128 valence electrons. The smallest absolute Gasteiger partial charge is 0.251 e. The van der Waals surface area contributed by atoms with Crippen LogP contribution in [0, 0.1) is 0 Å². The lowest BCUT2D eigenvalue weighted by atomic mass is 10.1. The first-order valence-corrected chi connectivity index (χ1v) is 7.69. The number of carbonyl (C=O) groups excluding carboxylic acids is 1. The number of ether oxygens (including phenoxy) is 2. The molecule has 6 nitrogen and oxygen atoms in total. The molecule has 0 saturated heterocycles. The molecule has 0 bridgehead atoms. The summed E-state index contributed by atoms with van der Waals surface area (Å²) in [5.41, 5.74) is 2.11. The van der Waals surface area contributed by atoms with Crippen molar-refractivity contribution in [2.24, 2.45) is 0 Å². The quantitative estimate of drug-likeness (QED) is 0.746. The second-order valence-corrected chi connectivity index (χ2v) is 5.31. The predicted octanol–water partition coefficient (Wildman–Crippen LogP) is 3.29. The highest BCUT2D eigenvalue weighted by atomic mass is 16.5. The summed E-state index contributed by atoms with van der Waals surface area (Å²) < 4.78 is 15.7. The topological polar surface area (TPSA) is 73.6 Å². The van der Waals surface area contributed by atoms with Gasteiger partial charge in [-0.1, -0.05) is 0 Å². The fourth-order valence-electron chi connectivity index (χ4n) is 2.37. The summed E-state index contributed by atoms with van der Waals surface area (Å²) in [6.07, 6.45) is 3.29. The molecule has 1 N–H and O–H groups in total. The Balaban J connectivity index is 1.71. The molecular formula is C19H18N2O4. The van der Waals surface area contributed by atoms with Gasteiger partial charge in [-0.25, -0.2) is 0 Å². The van der Waals surface area contributed by atoms with Gasteiger partial charge in [0.25, 0.3) is 5.91 Å². The summed E-state index contributed by atoms with van der Waals surface area (Å²) in [7, 11) is 3.09. The van der Waals surface area contributed by atoms with E-state index in [0.29, 0.717) is 29.4 Å². The van der Waals surface area contributed by atoms with E-state index in [0.717, 1.165) is 11.3 Å². The summed E-state index contributed by atoms with van der Waals surface area (Å²) in [5, 5.41) is 2.88. The number of rotatable bonds is 6. The van der Waals surface area contributed by atoms with Gasteiger partial charge in [0.1, 0.15) is 17.2 Å². The molecule has 0 spiro atoms. The van der Waals surface area contributed by atoms with Crippen LogP contribution >= 0.6 is 0 Å². The number of benzene rings is 1. The van der Waals surface area contributed by atoms with Gasteiger partial charge in [0.15, 0.2) is 5.76 Å². The molecular weight excluding hydrogens is 320 g/mol. The van der Waals surface area contributed by atoms with Crippen LogP contribution < -0.4 is 14.8 Å². The van der Waals surface area contributed by atoms with E-state index in [1.165, 1.54) is 0 Å². The maximum absolute atomic E-state index is 12.4. The first kappa shape index (κ1) is 16.6.